The highest BCUT2D eigenvalue weighted by Gasteiger charge is 2.10. The quantitative estimate of drug-likeness (QED) is 0.672. The first kappa shape index (κ1) is 9.14. The van der Waals surface area contributed by atoms with Crippen molar-refractivity contribution in [2.75, 3.05) is 6.26 Å². The summed E-state index contributed by atoms with van der Waals surface area (Å²) < 4.78 is 5.32. The van der Waals surface area contributed by atoms with Gasteiger partial charge in [0.1, 0.15) is 6.07 Å². The van der Waals surface area contributed by atoms with E-state index in [0.717, 1.165) is 12.8 Å². The summed E-state index contributed by atoms with van der Waals surface area (Å²) in [6.07, 6.45) is 3.66. The molecule has 0 fully saturated rings. The SMILES string of the molecule is CCCc1nc(C#N)c(SC)o1. The summed E-state index contributed by atoms with van der Waals surface area (Å²) in [4.78, 5) is 4.04. The zero-order chi connectivity index (χ0) is 8.97. The Morgan fingerprint density at radius 3 is 2.83 bits per heavy atom. The maximum Gasteiger partial charge on any atom is 0.198 e. The van der Waals surface area contributed by atoms with Crippen molar-refractivity contribution >= 4 is 11.8 Å². The van der Waals surface area contributed by atoms with E-state index >= 15 is 0 Å². The molecule has 0 radical (unpaired) electrons. The third kappa shape index (κ3) is 1.80. The highest BCUT2D eigenvalue weighted by atomic mass is 32.2. The Hall–Kier alpha value is -0.950. The summed E-state index contributed by atoms with van der Waals surface area (Å²) in [5.74, 6) is 0.665. The smallest absolute Gasteiger partial charge is 0.198 e. The number of aryl methyl sites for hydroxylation is 1. The molecular weight excluding hydrogens is 172 g/mol. The molecule has 0 aliphatic rings. The van der Waals surface area contributed by atoms with Gasteiger partial charge in [-0.1, -0.05) is 18.7 Å². The summed E-state index contributed by atoms with van der Waals surface area (Å²) >= 11 is 1.42. The van der Waals surface area contributed by atoms with Gasteiger partial charge in [0.2, 0.25) is 0 Å². The van der Waals surface area contributed by atoms with E-state index < -0.39 is 0 Å². The first-order valence-electron chi connectivity index (χ1n) is 3.75. The molecule has 0 spiro atoms. The first-order chi connectivity index (χ1) is 5.81. The van der Waals surface area contributed by atoms with Gasteiger partial charge in [-0.05, 0) is 12.7 Å². The van der Waals surface area contributed by atoms with Crippen molar-refractivity contribution in [2.24, 2.45) is 0 Å². The van der Waals surface area contributed by atoms with Crippen LogP contribution in [0.25, 0.3) is 0 Å². The molecule has 1 heterocycles. The minimum absolute atomic E-state index is 0.408. The topological polar surface area (TPSA) is 49.8 Å². The number of aromatic nitrogens is 1. The molecule has 0 bridgehead atoms. The molecule has 1 rings (SSSR count). The van der Waals surface area contributed by atoms with E-state index in [-0.39, 0.29) is 0 Å². The summed E-state index contributed by atoms with van der Waals surface area (Å²) in [6.45, 7) is 2.05. The Labute approximate surface area is 75.8 Å². The van der Waals surface area contributed by atoms with Crippen LogP contribution in [0, 0.1) is 11.3 Å². The fraction of sp³-hybridized carbons (Fsp3) is 0.500. The minimum atomic E-state index is 0.408. The number of hydrogen-bond donors (Lipinski definition) is 0. The van der Waals surface area contributed by atoms with Crippen LogP contribution in [0.4, 0.5) is 0 Å². The first-order valence-corrected chi connectivity index (χ1v) is 4.98. The van der Waals surface area contributed by atoms with Crippen LogP contribution in [-0.2, 0) is 6.42 Å². The van der Waals surface area contributed by atoms with Gasteiger partial charge < -0.3 is 4.42 Å². The molecular formula is C8H10N2OS. The maximum atomic E-state index is 8.65. The lowest BCUT2D eigenvalue weighted by atomic mass is 10.3. The average Bonchev–Trinajstić information content (AvgIpc) is 2.48. The molecule has 0 unspecified atom stereocenters. The van der Waals surface area contributed by atoms with Crippen molar-refractivity contribution < 1.29 is 4.42 Å². The van der Waals surface area contributed by atoms with Crippen molar-refractivity contribution in [3.8, 4) is 6.07 Å². The highest BCUT2D eigenvalue weighted by molar-refractivity contribution is 7.98. The van der Waals surface area contributed by atoms with Crippen LogP contribution in [-0.4, -0.2) is 11.2 Å². The Kier molecular flexibility index (Phi) is 3.18. The van der Waals surface area contributed by atoms with Crippen LogP contribution in [0.2, 0.25) is 0 Å². The molecule has 3 nitrogen and oxygen atoms in total. The predicted octanol–water partition coefficient (Wildman–Crippen LogP) is 2.22. The van der Waals surface area contributed by atoms with Crippen LogP contribution >= 0.6 is 11.8 Å². The molecule has 0 amide bonds. The van der Waals surface area contributed by atoms with Crippen LogP contribution in [0.5, 0.6) is 0 Å². The van der Waals surface area contributed by atoms with Gasteiger partial charge >= 0.3 is 0 Å². The predicted molar refractivity (Wildman–Crippen MR) is 47.0 cm³/mol. The number of nitrogens with zero attached hydrogens (tertiary/aromatic N) is 2. The van der Waals surface area contributed by atoms with Gasteiger partial charge in [-0.2, -0.15) is 5.26 Å². The van der Waals surface area contributed by atoms with Crippen LogP contribution in [0.15, 0.2) is 9.51 Å². The molecule has 4 heteroatoms. The van der Waals surface area contributed by atoms with E-state index in [1.54, 1.807) is 0 Å². The van der Waals surface area contributed by atoms with Crippen molar-refractivity contribution in [3.05, 3.63) is 11.6 Å². The van der Waals surface area contributed by atoms with Gasteiger partial charge in [-0.25, -0.2) is 4.98 Å². The number of oxazole rings is 1. The summed E-state index contributed by atoms with van der Waals surface area (Å²) in [5.41, 5.74) is 0.408. The molecule has 12 heavy (non-hydrogen) atoms. The van der Waals surface area contributed by atoms with Crippen molar-refractivity contribution in [1.29, 1.82) is 5.26 Å². The van der Waals surface area contributed by atoms with Crippen LogP contribution < -0.4 is 0 Å². The number of rotatable bonds is 3. The Morgan fingerprint density at radius 2 is 2.42 bits per heavy atom. The van der Waals surface area contributed by atoms with Crippen molar-refractivity contribution in [2.45, 2.75) is 24.9 Å². The maximum absolute atomic E-state index is 8.65. The second-order valence-corrected chi connectivity index (χ2v) is 3.09. The molecule has 1 aromatic rings. The minimum Gasteiger partial charge on any atom is -0.433 e. The van der Waals surface area contributed by atoms with Gasteiger partial charge in [0.25, 0.3) is 0 Å². The van der Waals surface area contributed by atoms with E-state index in [0.29, 0.717) is 16.7 Å². The molecule has 0 aliphatic heterocycles. The third-order valence-electron chi connectivity index (χ3n) is 1.40. The zero-order valence-electron chi connectivity index (χ0n) is 7.13. The van der Waals surface area contributed by atoms with Gasteiger partial charge in [0.05, 0.1) is 0 Å². The molecule has 0 aliphatic carbocycles. The highest BCUT2D eigenvalue weighted by Crippen LogP contribution is 2.21. The van der Waals surface area contributed by atoms with E-state index in [4.69, 9.17) is 9.68 Å². The molecule has 0 N–H and O–H groups in total. The van der Waals surface area contributed by atoms with E-state index in [9.17, 15) is 0 Å². The number of nitriles is 1. The zero-order valence-corrected chi connectivity index (χ0v) is 7.94. The molecule has 0 saturated heterocycles. The van der Waals surface area contributed by atoms with Crippen LogP contribution in [0.3, 0.4) is 0 Å². The summed E-state index contributed by atoms with van der Waals surface area (Å²) in [5, 5.41) is 9.27. The van der Waals surface area contributed by atoms with E-state index in [1.165, 1.54) is 11.8 Å². The Balaban J connectivity index is 2.91. The van der Waals surface area contributed by atoms with Gasteiger partial charge in [-0.3, -0.25) is 0 Å². The van der Waals surface area contributed by atoms with Gasteiger partial charge in [0.15, 0.2) is 16.7 Å². The van der Waals surface area contributed by atoms with E-state index in [2.05, 4.69) is 11.9 Å². The normalized spacial score (nSPS) is 9.75. The summed E-state index contributed by atoms with van der Waals surface area (Å²) in [6, 6.07) is 2.00. The van der Waals surface area contributed by atoms with Gasteiger partial charge in [0, 0.05) is 6.42 Å². The lowest BCUT2D eigenvalue weighted by Crippen LogP contribution is -1.81. The summed E-state index contributed by atoms with van der Waals surface area (Å²) in [7, 11) is 0. The number of thioether (sulfide) groups is 1. The van der Waals surface area contributed by atoms with Crippen molar-refractivity contribution in [3.63, 3.8) is 0 Å². The lowest BCUT2D eigenvalue weighted by Gasteiger charge is -1.87. The average molecular weight is 182 g/mol. The molecule has 0 atom stereocenters. The molecule has 64 valence electrons. The molecule has 0 aromatic carbocycles. The second-order valence-electron chi connectivity index (χ2n) is 2.31. The monoisotopic (exact) mass is 182 g/mol. The third-order valence-corrected chi connectivity index (χ3v) is 2.04. The Bertz CT molecular complexity index is 300. The standard InChI is InChI=1S/C8H10N2OS/c1-3-4-7-10-6(5-9)8(11-7)12-2/h3-4H2,1-2H3. The second kappa shape index (κ2) is 4.17. The van der Waals surface area contributed by atoms with Crippen LogP contribution in [0.1, 0.15) is 24.9 Å². The van der Waals surface area contributed by atoms with E-state index in [1.807, 2.05) is 12.3 Å². The largest absolute Gasteiger partial charge is 0.433 e. The van der Waals surface area contributed by atoms with Crippen molar-refractivity contribution in [1.82, 2.24) is 4.98 Å². The molecule has 0 saturated carbocycles. The fourth-order valence-electron chi connectivity index (χ4n) is 0.878. The van der Waals surface area contributed by atoms with Gasteiger partial charge in [-0.15, -0.1) is 0 Å². The Morgan fingerprint density at radius 1 is 1.67 bits per heavy atom. The molecule has 1 aromatic heterocycles. The lowest BCUT2D eigenvalue weighted by molar-refractivity contribution is 0.421. The number of hydrogen-bond acceptors (Lipinski definition) is 4. The fourth-order valence-corrected chi connectivity index (χ4v) is 1.34.